The van der Waals surface area contributed by atoms with Crippen molar-refractivity contribution in [3.8, 4) is 0 Å². The Morgan fingerprint density at radius 2 is 1.67 bits per heavy atom. The average molecular weight is 340 g/mol. The maximum Gasteiger partial charge on any atom is 0.673 e. The Morgan fingerprint density at radius 1 is 1.12 bits per heavy atom. The van der Waals surface area contributed by atoms with Crippen LogP contribution >= 0.6 is 0 Å². The van der Waals surface area contributed by atoms with Crippen LogP contribution in [0.3, 0.4) is 0 Å². The largest absolute Gasteiger partial charge is 0.673 e. The molecule has 3 nitrogen and oxygen atoms in total. The fourth-order valence-electron chi connectivity index (χ4n) is 2.80. The third-order valence-electron chi connectivity index (χ3n) is 3.95. The zero-order chi connectivity index (χ0) is 18.3. The molecule has 1 aliphatic carbocycles. The number of ketones is 1. The number of fused-ring (bicyclic) bond motifs is 2. The first kappa shape index (κ1) is 18.1. The van der Waals surface area contributed by atoms with Gasteiger partial charge >= 0.3 is 7.25 Å². The van der Waals surface area contributed by atoms with Crippen LogP contribution in [0.1, 0.15) is 32.2 Å². The third kappa shape index (κ3) is 3.47. The smallest absolute Gasteiger partial charge is 0.418 e. The highest BCUT2D eigenvalue weighted by Crippen LogP contribution is 2.33. The van der Waals surface area contributed by atoms with Gasteiger partial charge in [0.15, 0.2) is 5.78 Å². The minimum absolute atomic E-state index is 0.155. The van der Waals surface area contributed by atoms with Gasteiger partial charge in [0.2, 0.25) is 11.2 Å². The van der Waals surface area contributed by atoms with Gasteiger partial charge in [0.1, 0.15) is 18.3 Å². The van der Waals surface area contributed by atoms with Crippen molar-refractivity contribution in [3.05, 3.63) is 41.2 Å². The number of hydrogen-bond acceptors (Lipinski definition) is 2. The van der Waals surface area contributed by atoms with Crippen LogP contribution in [-0.4, -0.2) is 18.0 Å². The number of carbonyl (C=O) groups is 1. The van der Waals surface area contributed by atoms with Gasteiger partial charge in [-0.25, -0.2) is 4.98 Å². The van der Waals surface area contributed by atoms with Crippen LogP contribution in [0.4, 0.5) is 17.3 Å². The lowest BCUT2D eigenvalue weighted by molar-refractivity contribution is -0.647. The van der Waals surface area contributed by atoms with Crippen LogP contribution in [0.15, 0.2) is 29.8 Å². The number of aryl methyl sites for hydroxylation is 1. The molecule has 8 heteroatoms. The second-order valence-corrected chi connectivity index (χ2v) is 6.17. The predicted molar refractivity (Wildman–Crippen MR) is 84.8 cm³/mol. The number of nitrogens with zero attached hydrogens (tertiary/aromatic N) is 2. The van der Waals surface area contributed by atoms with E-state index in [4.69, 9.17) is 4.98 Å². The Labute approximate surface area is 137 Å². The van der Waals surface area contributed by atoms with Crippen LogP contribution in [0, 0.1) is 0 Å². The lowest BCUT2D eigenvalue weighted by Crippen LogP contribution is -2.43. The normalized spacial score (nSPS) is 16.2. The molecule has 0 atom stereocenters. The highest BCUT2D eigenvalue weighted by molar-refractivity contribution is 6.50. The van der Waals surface area contributed by atoms with E-state index in [-0.39, 0.29) is 5.78 Å². The fraction of sp³-hybridized carbons (Fsp3) is 0.312. The third-order valence-corrected chi connectivity index (χ3v) is 3.95. The van der Waals surface area contributed by atoms with Crippen molar-refractivity contribution in [1.82, 2.24) is 4.98 Å². The Kier molecular flexibility index (Phi) is 4.52. The van der Waals surface area contributed by atoms with Gasteiger partial charge in [0, 0.05) is 12.1 Å². The molecule has 1 aliphatic rings. The first-order valence-corrected chi connectivity index (χ1v) is 7.32. The monoisotopic (exact) mass is 340 g/mol. The van der Waals surface area contributed by atoms with Crippen molar-refractivity contribution in [2.45, 2.75) is 26.2 Å². The van der Waals surface area contributed by atoms with E-state index in [0.29, 0.717) is 0 Å². The van der Waals surface area contributed by atoms with E-state index in [0.717, 1.165) is 28.0 Å². The molecule has 0 saturated heterocycles. The van der Waals surface area contributed by atoms with E-state index in [1.807, 2.05) is 52.1 Å². The molecule has 2 aromatic rings. The number of hydrogen-bond donors (Lipinski definition) is 0. The first-order valence-electron chi connectivity index (χ1n) is 7.32. The number of aromatic nitrogens is 2. The molecule has 1 aromatic carbocycles. The zero-order valence-corrected chi connectivity index (χ0v) is 13.8. The summed E-state index contributed by atoms with van der Waals surface area (Å²) >= 11 is 0. The number of para-hydroxylation sites is 2. The Morgan fingerprint density at radius 3 is 2.25 bits per heavy atom. The minimum Gasteiger partial charge on any atom is -0.418 e. The van der Waals surface area contributed by atoms with Gasteiger partial charge in [0.05, 0.1) is 5.41 Å². The summed E-state index contributed by atoms with van der Waals surface area (Å²) in [5.74, 6) is 0.155. The Bertz CT molecular complexity index is 838. The summed E-state index contributed by atoms with van der Waals surface area (Å²) in [6.07, 6.45) is 1.95. The molecule has 0 saturated carbocycles. The second-order valence-electron chi connectivity index (χ2n) is 6.17. The molecule has 0 amide bonds. The van der Waals surface area contributed by atoms with Crippen LogP contribution < -0.4 is 4.57 Å². The number of rotatable bonds is 0. The molecule has 0 spiro atoms. The number of Topliss-reactive ketones (excluding diaryl/α,β-unsaturated/α-hetero) is 1. The quantitative estimate of drug-likeness (QED) is 0.417. The topological polar surface area (TPSA) is 33.8 Å². The summed E-state index contributed by atoms with van der Waals surface area (Å²) in [5, 5.41) is 0. The number of halogens is 4. The summed E-state index contributed by atoms with van der Waals surface area (Å²) in [5.41, 5.74) is 4.14. The number of carbonyl (C=O) groups excluding carboxylic acids is 1. The number of allylic oxidation sites excluding steroid dienone is 1. The van der Waals surface area contributed by atoms with Gasteiger partial charge in [-0.3, -0.25) is 4.79 Å². The maximum atomic E-state index is 12.3. The van der Waals surface area contributed by atoms with Crippen LogP contribution in [0.5, 0.6) is 0 Å². The molecule has 0 unspecified atom stereocenters. The molecule has 128 valence electrons. The summed E-state index contributed by atoms with van der Waals surface area (Å²) in [6.45, 7) is 5.78. The molecule has 1 aromatic heterocycles. The highest BCUT2D eigenvalue weighted by Gasteiger charge is 2.41. The molecule has 0 fully saturated rings. The molecule has 3 rings (SSSR count). The lowest BCUT2D eigenvalue weighted by Gasteiger charge is -2.26. The predicted octanol–water partition coefficient (Wildman–Crippen LogP) is 3.62. The molecular weight excluding hydrogens is 323 g/mol. The van der Waals surface area contributed by atoms with Gasteiger partial charge in [-0.2, -0.15) is 4.57 Å². The summed E-state index contributed by atoms with van der Waals surface area (Å²) in [6, 6.07) is 8.02. The Hall–Kier alpha value is -2.25. The molecule has 1 heterocycles. The average Bonchev–Trinajstić information content (AvgIpc) is 2.46. The van der Waals surface area contributed by atoms with Crippen LogP contribution in [0.2, 0.25) is 0 Å². The summed E-state index contributed by atoms with van der Waals surface area (Å²) in [7, 11) is -3.97. The second kappa shape index (κ2) is 6.00. The van der Waals surface area contributed by atoms with Crippen LogP contribution in [0.25, 0.3) is 17.1 Å². The van der Waals surface area contributed by atoms with Crippen molar-refractivity contribution in [3.63, 3.8) is 0 Å². The van der Waals surface area contributed by atoms with E-state index >= 15 is 0 Å². The SMILES string of the molecule is CC1=Cc2c(nc3ccccc3[n+]2C)C(C)(C)C1=O.F[B-](F)(F)F. The summed E-state index contributed by atoms with van der Waals surface area (Å²) < 4.78 is 41.1. The maximum absolute atomic E-state index is 12.3. The zero-order valence-electron chi connectivity index (χ0n) is 13.8. The molecular formula is C16H17BF4N2O. The van der Waals surface area contributed by atoms with Crippen LogP contribution in [-0.2, 0) is 17.3 Å². The highest BCUT2D eigenvalue weighted by atomic mass is 19.5. The Balaban J connectivity index is 0.000000368. The summed E-state index contributed by atoms with van der Waals surface area (Å²) in [4.78, 5) is 17.1. The number of benzene rings is 1. The fourth-order valence-corrected chi connectivity index (χ4v) is 2.80. The van der Waals surface area contributed by atoms with Gasteiger partial charge < -0.3 is 17.3 Å². The standard InChI is InChI=1S/C16H17N2O.BF4/c1-10-9-13-14(16(2,3)15(10)19)17-11-7-5-6-8-12(11)18(13)4;2-1(3,4)5/h5-9H,1-4H3;/q+1;-1. The first-order chi connectivity index (χ1) is 10.9. The van der Waals surface area contributed by atoms with Gasteiger partial charge in [-0.15, -0.1) is 0 Å². The lowest BCUT2D eigenvalue weighted by atomic mass is 9.76. The van der Waals surface area contributed by atoms with Gasteiger partial charge in [-0.1, -0.05) is 12.1 Å². The van der Waals surface area contributed by atoms with Gasteiger partial charge in [0.25, 0.3) is 0 Å². The van der Waals surface area contributed by atoms with E-state index in [2.05, 4.69) is 10.6 Å². The van der Waals surface area contributed by atoms with E-state index in [1.54, 1.807) is 0 Å². The van der Waals surface area contributed by atoms with E-state index in [9.17, 15) is 22.1 Å². The molecule has 0 N–H and O–H groups in total. The minimum atomic E-state index is -6.00. The van der Waals surface area contributed by atoms with Crippen molar-refractivity contribution in [2.24, 2.45) is 7.05 Å². The molecule has 0 aliphatic heterocycles. The van der Waals surface area contributed by atoms with Crippen molar-refractivity contribution in [1.29, 1.82) is 0 Å². The molecule has 24 heavy (non-hydrogen) atoms. The molecule has 0 bridgehead atoms. The van der Waals surface area contributed by atoms with Gasteiger partial charge in [-0.05, 0) is 32.4 Å². The van der Waals surface area contributed by atoms with Crippen molar-refractivity contribution >= 4 is 30.1 Å². The van der Waals surface area contributed by atoms with Crippen molar-refractivity contribution in [2.75, 3.05) is 0 Å². The molecule has 0 radical (unpaired) electrons. The van der Waals surface area contributed by atoms with Crippen molar-refractivity contribution < 1.29 is 26.6 Å². The van der Waals surface area contributed by atoms with E-state index in [1.165, 1.54) is 0 Å². The van der Waals surface area contributed by atoms with E-state index < -0.39 is 12.7 Å².